The van der Waals surface area contributed by atoms with Crippen molar-refractivity contribution in [1.29, 1.82) is 0 Å². The Balaban J connectivity index is 2.31. The van der Waals surface area contributed by atoms with E-state index in [2.05, 4.69) is 15.6 Å². The number of amides is 3. The molecule has 0 saturated heterocycles. The lowest BCUT2D eigenvalue weighted by molar-refractivity contribution is -0.119. The molecule has 1 heterocycles. The molecule has 1 aromatic heterocycles. The number of aromatic nitrogens is 1. The molecule has 0 unspecified atom stereocenters. The van der Waals surface area contributed by atoms with Crippen LogP contribution in [0.3, 0.4) is 0 Å². The van der Waals surface area contributed by atoms with Gasteiger partial charge in [-0.2, -0.15) is 0 Å². The second-order valence-corrected chi connectivity index (χ2v) is 4.51. The zero-order chi connectivity index (χ0) is 12.7. The minimum absolute atomic E-state index is 0.227. The van der Waals surface area contributed by atoms with Gasteiger partial charge >= 0.3 is 6.03 Å². The highest BCUT2D eigenvalue weighted by Crippen LogP contribution is 2.24. The number of urea groups is 1. The van der Waals surface area contributed by atoms with Crippen LogP contribution in [0.2, 0.25) is 5.02 Å². The summed E-state index contributed by atoms with van der Waals surface area (Å²) in [6.07, 6.45) is 1.86. The molecule has 0 aliphatic heterocycles. The molecule has 0 aliphatic carbocycles. The van der Waals surface area contributed by atoms with Gasteiger partial charge in [0.15, 0.2) is 0 Å². The summed E-state index contributed by atoms with van der Waals surface area (Å²) < 4.78 is 0. The summed E-state index contributed by atoms with van der Waals surface area (Å²) in [5.74, 6) is 0.184. The van der Waals surface area contributed by atoms with Crippen molar-refractivity contribution in [3.8, 4) is 0 Å². The Bertz CT molecular complexity index is 414. The molecule has 7 heteroatoms. The molecule has 1 aromatic rings. The fraction of sp³-hybridized carbons (Fsp3) is 0.300. The van der Waals surface area contributed by atoms with Gasteiger partial charge in [-0.3, -0.25) is 10.1 Å². The van der Waals surface area contributed by atoms with Crippen molar-refractivity contribution < 1.29 is 9.59 Å². The summed E-state index contributed by atoms with van der Waals surface area (Å²) in [6, 6.07) is 2.97. The molecule has 3 amide bonds. The largest absolute Gasteiger partial charge is 0.341 e. The lowest BCUT2D eigenvalue weighted by Crippen LogP contribution is -2.37. The number of nitrogens with one attached hydrogen (secondary N) is 2. The van der Waals surface area contributed by atoms with Crippen LogP contribution in [0.5, 0.6) is 0 Å². The third-order valence-corrected chi connectivity index (χ3v) is 3.20. The number of rotatable bonds is 4. The Labute approximate surface area is 108 Å². The molecule has 0 bridgehead atoms. The summed E-state index contributed by atoms with van der Waals surface area (Å²) in [4.78, 5) is 26.1. The molecule has 2 N–H and O–H groups in total. The summed E-state index contributed by atoms with van der Waals surface area (Å²) in [5.41, 5.74) is 0. The van der Waals surface area contributed by atoms with Crippen molar-refractivity contribution in [3.63, 3.8) is 0 Å². The number of nitrogens with zero attached hydrogens (tertiary/aromatic N) is 1. The van der Waals surface area contributed by atoms with Crippen LogP contribution in [0, 0.1) is 0 Å². The normalized spacial score (nSPS) is 9.76. The quantitative estimate of drug-likeness (QED) is 0.819. The summed E-state index contributed by atoms with van der Waals surface area (Å²) in [6.45, 7) is 0. The molecule has 1 rings (SSSR count). The van der Waals surface area contributed by atoms with Crippen LogP contribution in [0.4, 0.5) is 4.79 Å². The first-order valence-corrected chi connectivity index (χ1v) is 6.24. The van der Waals surface area contributed by atoms with Gasteiger partial charge < -0.3 is 5.32 Å². The summed E-state index contributed by atoms with van der Waals surface area (Å²) >= 11 is 7.27. The molecule has 17 heavy (non-hydrogen) atoms. The topological polar surface area (TPSA) is 71.1 Å². The molecule has 0 aliphatic rings. The van der Waals surface area contributed by atoms with Gasteiger partial charge in [-0.15, -0.1) is 11.8 Å². The highest BCUT2D eigenvalue weighted by molar-refractivity contribution is 7.99. The van der Waals surface area contributed by atoms with Crippen molar-refractivity contribution in [2.75, 3.05) is 12.8 Å². The van der Waals surface area contributed by atoms with Crippen molar-refractivity contribution in [1.82, 2.24) is 15.6 Å². The molecule has 0 radical (unpaired) electrons. The van der Waals surface area contributed by atoms with Crippen molar-refractivity contribution in [3.05, 3.63) is 23.4 Å². The molecule has 0 atom stereocenters. The zero-order valence-electron chi connectivity index (χ0n) is 9.20. The average Bonchev–Trinajstić information content (AvgIpc) is 2.31. The number of carbonyl (C=O) groups is 2. The van der Waals surface area contributed by atoms with E-state index in [1.165, 1.54) is 18.8 Å². The van der Waals surface area contributed by atoms with Gasteiger partial charge in [-0.05, 0) is 12.1 Å². The first-order valence-electron chi connectivity index (χ1n) is 4.88. The van der Waals surface area contributed by atoms with Crippen LogP contribution in [0.1, 0.15) is 6.42 Å². The van der Waals surface area contributed by atoms with Crippen LogP contribution >= 0.6 is 23.4 Å². The van der Waals surface area contributed by atoms with Gasteiger partial charge in [0.1, 0.15) is 5.03 Å². The minimum Gasteiger partial charge on any atom is -0.341 e. The maximum atomic E-state index is 11.2. The SMILES string of the molecule is CNC(=O)NC(=O)CCSc1ncccc1Cl. The van der Waals surface area contributed by atoms with Crippen LogP contribution in [-0.2, 0) is 4.79 Å². The first-order chi connectivity index (χ1) is 8.13. The number of hydrogen-bond acceptors (Lipinski definition) is 4. The van der Waals surface area contributed by atoms with E-state index in [1.807, 2.05) is 0 Å². The maximum absolute atomic E-state index is 11.2. The molecule has 0 saturated carbocycles. The highest BCUT2D eigenvalue weighted by atomic mass is 35.5. The van der Waals surface area contributed by atoms with E-state index < -0.39 is 6.03 Å². The lowest BCUT2D eigenvalue weighted by Gasteiger charge is -2.03. The predicted molar refractivity (Wildman–Crippen MR) is 67.2 cm³/mol. The number of hydrogen-bond donors (Lipinski definition) is 2. The Morgan fingerprint density at radius 1 is 1.53 bits per heavy atom. The fourth-order valence-corrected chi connectivity index (χ4v) is 2.08. The summed E-state index contributed by atoms with van der Waals surface area (Å²) in [7, 11) is 1.45. The Hall–Kier alpha value is -1.27. The van der Waals surface area contributed by atoms with Crippen LogP contribution in [-0.4, -0.2) is 29.7 Å². The second-order valence-electron chi connectivity index (χ2n) is 3.02. The predicted octanol–water partition coefficient (Wildman–Crippen LogP) is 1.67. The minimum atomic E-state index is -0.504. The van der Waals surface area contributed by atoms with Crippen LogP contribution in [0.25, 0.3) is 0 Å². The second kappa shape index (κ2) is 7.13. The average molecular weight is 274 g/mol. The number of thioether (sulfide) groups is 1. The first kappa shape index (κ1) is 13.8. The standard InChI is InChI=1S/C10H12ClN3O2S/c1-12-10(16)14-8(15)4-6-17-9-7(11)3-2-5-13-9/h2-3,5H,4,6H2,1H3,(H2,12,14,15,16). The number of carbonyl (C=O) groups excluding carboxylic acids is 2. The Morgan fingerprint density at radius 3 is 2.94 bits per heavy atom. The molecular weight excluding hydrogens is 262 g/mol. The van der Waals surface area contributed by atoms with Crippen molar-refractivity contribution in [2.24, 2.45) is 0 Å². The van der Waals surface area contributed by atoms with E-state index in [9.17, 15) is 9.59 Å². The Kier molecular flexibility index (Phi) is 5.79. The van der Waals surface area contributed by atoms with Gasteiger partial charge in [-0.1, -0.05) is 11.6 Å². The molecule has 0 spiro atoms. The molecule has 5 nitrogen and oxygen atoms in total. The van der Waals surface area contributed by atoms with E-state index in [4.69, 9.17) is 11.6 Å². The molecular formula is C10H12ClN3O2S. The number of imide groups is 1. The van der Waals surface area contributed by atoms with Gasteiger partial charge in [-0.25, -0.2) is 9.78 Å². The van der Waals surface area contributed by atoms with Gasteiger partial charge in [0, 0.05) is 25.4 Å². The number of halogens is 1. The number of pyridine rings is 1. The molecule has 0 fully saturated rings. The van der Waals surface area contributed by atoms with E-state index in [-0.39, 0.29) is 12.3 Å². The monoisotopic (exact) mass is 273 g/mol. The van der Waals surface area contributed by atoms with E-state index in [0.29, 0.717) is 15.8 Å². The fourth-order valence-electron chi connectivity index (χ4n) is 0.969. The van der Waals surface area contributed by atoms with Gasteiger partial charge in [0.25, 0.3) is 0 Å². The Morgan fingerprint density at radius 2 is 2.29 bits per heavy atom. The van der Waals surface area contributed by atoms with Gasteiger partial charge in [0.2, 0.25) is 5.91 Å². The smallest absolute Gasteiger partial charge is 0.321 e. The zero-order valence-corrected chi connectivity index (χ0v) is 10.8. The van der Waals surface area contributed by atoms with E-state index >= 15 is 0 Å². The van der Waals surface area contributed by atoms with Crippen molar-refractivity contribution >= 4 is 35.3 Å². The van der Waals surface area contributed by atoms with E-state index in [1.54, 1.807) is 18.3 Å². The molecule has 92 valence electrons. The van der Waals surface area contributed by atoms with Crippen LogP contribution in [0.15, 0.2) is 23.4 Å². The summed E-state index contributed by atoms with van der Waals surface area (Å²) in [5, 5.41) is 5.72. The highest BCUT2D eigenvalue weighted by Gasteiger charge is 2.07. The third-order valence-electron chi connectivity index (χ3n) is 1.77. The van der Waals surface area contributed by atoms with Crippen molar-refractivity contribution in [2.45, 2.75) is 11.4 Å². The lowest BCUT2D eigenvalue weighted by atomic mass is 10.4. The third kappa shape index (κ3) is 5.06. The van der Waals surface area contributed by atoms with Gasteiger partial charge in [0.05, 0.1) is 5.02 Å². The molecule has 0 aromatic carbocycles. The van der Waals surface area contributed by atoms with E-state index in [0.717, 1.165) is 0 Å². The van der Waals surface area contributed by atoms with Crippen LogP contribution < -0.4 is 10.6 Å². The maximum Gasteiger partial charge on any atom is 0.321 e.